The summed E-state index contributed by atoms with van der Waals surface area (Å²) >= 11 is 0. The third-order valence-corrected chi connectivity index (χ3v) is 3.81. The number of nitrogens with zero attached hydrogens (tertiary/aromatic N) is 2. The Morgan fingerprint density at radius 3 is 2.64 bits per heavy atom. The maximum Gasteiger partial charge on any atom is 0.303 e. The van der Waals surface area contributed by atoms with Crippen molar-refractivity contribution in [3.8, 4) is 5.69 Å². The first kappa shape index (κ1) is 18.6. The lowest BCUT2D eigenvalue weighted by Crippen LogP contribution is -2.26. The summed E-state index contributed by atoms with van der Waals surface area (Å²) in [5, 5.41) is 15.4. The summed E-state index contributed by atoms with van der Waals surface area (Å²) in [5.74, 6) is -2.60. The summed E-state index contributed by atoms with van der Waals surface area (Å²) in [6.45, 7) is 3.68. The van der Waals surface area contributed by atoms with Gasteiger partial charge in [-0.15, -0.1) is 0 Å². The first-order chi connectivity index (χ1) is 11.8. The van der Waals surface area contributed by atoms with Crippen LogP contribution < -0.4 is 5.32 Å². The van der Waals surface area contributed by atoms with Gasteiger partial charge in [0.25, 0.3) is 0 Å². The minimum absolute atomic E-state index is 0.0138. The molecule has 0 bridgehead atoms. The molecule has 0 saturated carbocycles. The highest BCUT2D eigenvalue weighted by molar-refractivity contribution is 5.79. The number of aryl methyl sites for hydroxylation is 1. The molecule has 1 aromatic heterocycles. The van der Waals surface area contributed by atoms with Crippen LogP contribution in [0.1, 0.15) is 29.8 Å². The molecular weight excluding hydrogens is 332 g/mol. The van der Waals surface area contributed by atoms with Gasteiger partial charge in [-0.05, 0) is 32.4 Å². The highest BCUT2D eigenvalue weighted by Crippen LogP contribution is 2.21. The van der Waals surface area contributed by atoms with Crippen molar-refractivity contribution in [2.75, 3.05) is 6.54 Å². The number of carbonyl (C=O) groups is 2. The molecular formula is C17H19F2N3O3. The molecule has 0 atom stereocenters. The molecule has 134 valence electrons. The molecule has 0 saturated heterocycles. The van der Waals surface area contributed by atoms with Crippen molar-refractivity contribution in [1.82, 2.24) is 15.1 Å². The van der Waals surface area contributed by atoms with Gasteiger partial charge in [-0.1, -0.05) is 0 Å². The summed E-state index contributed by atoms with van der Waals surface area (Å²) in [5.41, 5.74) is 1.92. The van der Waals surface area contributed by atoms with Gasteiger partial charge in [0.2, 0.25) is 5.91 Å². The van der Waals surface area contributed by atoms with E-state index in [1.165, 1.54) is 10.7 Å². The second-order valence-electron chi connectivity index (χ2n) is 5.68. The van der Waals surface area contributed by atoms with Crippen molar-refractivity contribution < 1.29 is 23.5 Å². The summed E-state index contributed by atoms with van der Waals surface area (Å²) in [7, 11) is 0. The Bertz CT molecular complexity index is 803. The zero-order chi connectivity index (χ0) is 18.6. The first-order valence-corrected chi connectivity index (χ1v) is 7.78. The molecule has 25 heavy (non-hydrogen) atoms. The van der Waals surface area contributed by atoms with Gasteiger partial charge in [-0.25, -0.2) is 13.5 Å². The number of aromatic nitrogens is 2. The van der Waals surface area contributed by atoms with Crippen LogP contribution in [0, 0.1) is 25.5 Å². The third kappa shape index (κ3) is 4.62. The van der Waals surface area contributed by atoms with Crippen LogP contribution in [-0.4, -0.2) is 33.3 Å². The van der Waals surface area contributed by atoms with Gasteiger partial charge >= 0.3 is 5.97 Å². The predicted molar refractivity (Wildman–Crippen MR) is 86.5 cm³/mol. The number of carboxylic acid groups (broad SMARTS) is 1. The van der Waals surface area contributed by atoms with E-state index in [1.807, 2.05) is 0 Å². The summed E-state index contributed by atoms with van der Waals surface area (Å²) in [4.78, 5) is 22.4. The van der Waals surface area contributed by atoms with E-state index >= 15 is 0 Å². The number of hydrogen-bond donors (Lipinski definition) is 2. The van der Waals surface area contributed by atoms with Gasteiger partial charge in [0.1, 0.15) is 11.5 Å². The van der Waals surface area contributed by atoms with E-state index in [0.717, 1.165) is 12.1 Å². The Morgan fingerprint density at radius 1 is 1.28 bits per heavy atom. The van der Waals surface area contributed by atoms with Crippen molar-refractivity contribution in [3.05, 3.63) is 46.8 Å². The summed E-state index contributed by atoms with van der Waals surface area (Å²) < 4.78 is 28.4. The fourth-order valence-electron chi connectivity index (χ4n) is 2.51. The number of carbonyl (C=O) groups excluding carboxylic acids is 1. The van der Waals surface area contributed by atoms with Gasteiger partial charge in [0, 0.05) is 30.3 Å². The van der Waals surface area contributed by atoms with E-state index in [2.05, 4.69) is 10.4 Å². The fraction of sp³-hybridized carbons (Fsp3) is 0.353. The van der Waals surface area contributed by atoms with E-state index in [9.17, 15) is 18.4 Å². The maximum atomic E-state index is 14.0. The van der Waals surface area contributed by atoms with Crippen LogP contribution in [0.15, 0.2) is 18.2 Å². The molecule has 8 heteroatoms. The maximum absolute atomic E-state index is 14.0. The molecule has 1 heterocycles. The Morgan fingerprint density at radius 2 is 2.00 bits per heavy atom. The largest absolute Gasteiger partial charge is 0.481 e. The van der Waals surface area contributed by atoms with Crippen LogP contribution in [0.5, 0.6) is 0 Å². The molecule has 2 N–H and O–H groups in total. The van der Waals surface area contributed by atoms with Crippen molar-refractivity contribution in [2.45, 2.75) is 33.1 Å². The zero-order valence-electron chi connectivity index (χ0n) is 14.0. The van der Waals surface area contributed by atoms with Crippen molar-refractivity contribution in [2.24, 2.45) is 0 Å². The minimum Gasteiger partial charge on any atom is -0.481 e. The molecule has 0 aliphatic rings. The number of hydrogen-bond acceptors (Lipinski definition) is 3. The van der Waals surface area contributed by atoms with Crippen LogP contribution in [-0.2, 0) is 16.0 Å². The minimum atomic E-state index is -0.913. The lowest BCUT2D eigenvalue weighted by atomic mass is 10.1. The average Bonchev–Trinajstić information content (AvgIpc) is 2.79. The number of amides is 1. The SMILES string of the molecule is Cc1nn(-c2ccc(F)cc2F)c(C)c1CC(=O)NCCCC(=O)O. The highest BCUT2D eigenvalue weighted by Gasteiger charge is 2.18. The lowest BCUT2D eigenvalue weighted by molar-refractivity contribution is -0.137. The standard InChI is InChI=1S/C17H19F2N3O3/c1-10-13(9-16(23)20-7-3-4-17(24)25)11(2)22(21-10)15-6-5-12(18)8-14(15)19/h5-6,8H,3-4,7,9H2,1-2H3,(H,20,23)(H,24,25). The molecule has 2 rings (SSSR count). The number of carboxylic acids is 1. The smallest absolute Gasteiger partial charge is 0.303 e. The van der Waals surface area contributed by atoms with E-state index in [-0.39, 0.29) is 31.0 Å². The molecule has 1 aromatic carbocycles. The summed E-state index contributed by atoms with van der Waals surface area (Å²) in [6.07, 6.45) is 0.382. The number of benzene rings is 1. The van der Waals surface area contributed by atoms with Crippen LogP contribution in [0.4, 0.5) is 8.78 Å². The second kappa shape index (κ2) is 7.87. The van der Waals surface area contributed by atoms with Gasteiger partial charge in [0.05, 0.1) is 12.1 Å². The lowest BCUT2D eigenvalue weighted by Gasteiger charge is -2.07. The molecule has 0 unspecified atom stereocenters. The average molecular weight is 351 g/mol. The number of aliphatic carboxylic acids is 1. The van der Waals surface area contributed by atoms with Crippen LogP contribution >= 0.6 is 0 Å². The van der Waals surface area contributed by atoms with Gasteiger partial charge in [-0.2, -0.15) is 5.10 Å². The normalized spacial score (nSPS) is 10.7. The number of halogens is 2. The number of rotatable bonds is 7. The predicted octanol–water partition coefficient (Wildman–Crippen LogP) is 2.29. The third-order valence-electron chi connectivity index (χ3n) is 3.81. The number of nitrogens with one attached hydrogen (secondary N) is 1. The van der Waals surface area contributed by atoms with E-state index in [0.29, 0.717) is 23.4 Å². The monoisotopic (exact) mass is 351 g/mol. The Balaban J connectivity index is 2.11. The molecule has 0 aliphatic carbocycles. The molecule has 2 aromatic rings. The quantitative estimate of drug-likeness (QED) is 0.750. The van der Waals surface area contributed by atoms with Crippen molar-refractivity contribution in [1.29, 1.82) is 0 Å². The van der Waals surface area contributed by atoms with Crippen LogP contribution in [0.2, 0.25) is 0 Å². The van der Waals surface area contributed by atoms with E-state index in [4.69, 9.17) is 5.11 Å². The van der Waals surface area contributed by atoms with Crippen LogP contribution in [0.25, 0.3) is 5.69 Å². The molecule has 0 radical (unpaired) electrons. The Kier molecular flexibility index (Phi) is 5.84. The van der Waals surface area contributed by atoms with E-state index < -0.39 is 17.6 Å². The summed E-state index contributed by atoms with van der Waals surface area (Å²) in [6, 6.07) is 3.21. The topological polar surface area (TPSA) is 84.2 Å². The highest BCUT2D eigenvalue weighted by atomic mass is 19.1. The van der Waals surface area contributed by atoms with Gasteiger partial charge in [-0.3, -0.25) is 9.59 Å². The van der Waals surface area contributed by atoms with E-state index in [1.54, 1.807) is 13.8 Å². The second-order valence-corrected chi connectivity index (χ2v) is 5.68. The van der Waals surface area contributed by atoms with Crippen molar-refractivity contribution >= 4 is 11.9 Å². The van der Waals surface area contributed by atoms with Gasteiger partial charge < -0.3 is 10.4 Å². The Labute approximate surface area is 143 Å². The fourth-order valence-corrected chi connectivity index (χ4v) is 2.51. The first-order valence-electron chi connectivity index (χ1n) is 7.78. The molecule has 0 fully saturated rings. The van der Waals surface area contributed by atoms with Crippen LogP contribution in [0.3, 0.4) is 0 Å². The molecule has 6 nitrogen and oxygen atoms in total. The molecule has 0 aliphatic heterocycles. The molecule has 1 amide bonds. The molecule has 0 spiro atoms. The van der Waals surface area contributed by atoms with Gasteiger partial charge in [0.15, 0.2) is 5.82 Å². The zero-order valence-corrected chi connectivity index (χ0v) is 14.0. The van der Waals surface area contributed by atoms with Crippen molar-refractivity contribution in [3.63, 3.8) is 0 Å². The Hall–Kier alpha value is -2.77.